The molecule has 0 bridgehead atoms. The van der Waals surface area contributed by atoms with Crippen molar-refractivity contribution in [3.8, 4) is 0 Å². The maximum atomic E-state index is 12.5. The molecule has 1 aromatic carbocycles. The van der Waals surface area contributed by atoms with Crippen molar-refractivity contribution < 1.29 is 13.5 Å². The van der Waals surface area contributed by atoms with Crippen LogP contribution in [0.4, 0.5) is 5.69 Å². The minimum absolute atomic E-state index is 0.102. The molecule has 1 saturated carbocycles. The van der Waals surface area contributed by atoms with Gasteiger partial charge in [-0.25, -0.2) is 13.1 Å². The van der Waals surface area contributed by atoms with Crippen LogP contribution in [0.25, 0.3) is 0 Å². The quantitative estimate of drug-likeness (QED) is 0.880. The van der Waals surface area contributed by atoms with E-state index in [-0.39, 0.29) is 18.1 Å². The molecule has 0 spiro atoms. The summed E-state index contributed by atoms with van der Waals surface area (Å²) in [5, 5.41) is 9.84. The first kappa shape index (κ1) is 14.8. The molecule has 2 fully saturated rings. The highest BCUT2D eigenvalue weighted by Crippen LogP contribution is 2.31. The van der Waals surface area contributed by atoms with Crippen molar-refractivity contribution in [2.75, 3.05) is 18.0 Å². The van der Waals surface area contributed by atoms with Gasteiger partial charge in [-0.3, -0.25) is 0 Å². The van der Waals surface area contributed by atoms with Gasteiger partial charge in [0.2, 0.25) is 10.0 Å². The fourth-order valence-electron chi connectivity index (χ4n) is 2.78. The maximum Gasteiger partial charge on any atom is 0.242 e. The van der Waals surface area contributed by atoms with Crippen LogP contribution in [0, 0.1) is 5.92 Å². The highest BCUT2D eigenvalue weighted by Gasteiger charge is 2.32. The van der Waals surface area contributed by atoms with Crippen LogP contribution < -0.4 is 9.62 Å². The molecule has 0 radical (unpaired) electrons. The Labute approximate surface area is 126 Å². The fraction of sp³-hybridized carbons (Fsp3) is 0.600. The van der Waals surface area contributed by atoms with E-state index in [0.29, 0.717) is 24.4 Å². The Morgan fingerprint density at radius 1 is 1.24 bits per heavy atom. The van der Waals surface area contributed by atoms with E-state index in [1.165, 1.54) is 0 Å². The van der Waals surface area contributed by atoms with Crippen LogP contribution in [0.2, 0.25) is 0 Å². The number of rotatable bonds is 4. The average Bonchev–Trinajstić information content (AvgIpc) is 3.25. The van der Waals surface area contributed by atoms with Gasteiger partial charge in [0.05, 0.1) is 11.8 Å². The van der Waals surface area contributed by atoms with E-state index in [2.05, 4.69) is 9.62 Å². The normalized spacial score (nSPS) is 26.9. The molecule has 2 aliphatic rings. The topological polar surface area (TPSA) is 69.6 Å². The molecule has 5 nitrogen and oxygen atoms in total. The predicted molar refractivity (Wildman–Crippen MR) is 81.8 cm³/mol. The van der Waals surface area contributed by atoms with E-state index in [1.807, 2.05) is 19.1 Å². The van der Waals surface area contributed by atoms with E-state index < -0.39 is 10.0 Å². The highest BCUT2D eigenvalue weighted by molar-refractivity contribution is 7.89. The van der Waals surface area contributed by atoms with Crippen molar-refractivity contribution in [3.63, 3.8) is 0 Å². The van der Waals surface area contributed by atoms with Gasteiger partial charge in [-0.15, -0.1) is 0 Å². The number of nitrogens with one attached hydrogen (secondary N) is 1. The third-order valence-electron chi connectivity index (χ3n) is 4.25. The van der Waals surface area contributed by atoms with Crippen LogP contribution in [0.3, 0.4) is 0 Å². The number of hydrogen-bond donors (Lipinski definition) is 2. The van der Waals surface area contributed by atoms with Crippen molar-refractivity contribution in [3.05, 3.63) is 24.3 Å². The van der Waals surface area contributed by atoms with Crippen molar-refractivity contribution in [2.24, 2.45) is 5.92 Å². The lowest BCUT2D eigenvalue weighted by atomic mass is 9.96. The van der Waals surface area contributed by atoms with Gasteiger partial charge in [0.15, 0.2) is 0 Å². The summed E-state index contributed by atoms with van der Waals surface area (Å²) in [6.07, 6.45) is 2.23. The number of hydrogen-bond acceptors (Lipinski definition) is 4. The highest BCUT2D eigenvalue weighted by atomic mass is 32.2. The molecule has 21 heavy (non-hydrogen) atoms. The summed E-state index contributed by atoms with van der Waals surface area (Å²) in [5.41, 5.74) is 0.740. The van der Waals surface area contributed by atoms with Crippen molar-refractivity contribution in [1.29, 1.82) is 0 Å². The number of sulfonamides is 1. The molecule has 1 heterocycles. The molecule has 1 aliphatic carbocycles. The van der Waals surface area contributed by atoms with Gasteiger partial charge in [0.1, 0.15) is 4.90 Å². The second kappa shape index (κ2) is 5.59. The summed E-state index contributed by atoms with van der Waals surface area (Å²) < 4.78 is 27.8. The minimum atomic E-state index is -3.46. The van der Waals surface area contributed by atoms with E-state index in [4.69, 9.17) is 0 Å². The van der Waals surface area contributed by atoms with Crippen LogP contribution in [-0.2, 0) is 10.0 Å². The van der Waals surface area contributed by atoms with E-state index >= 15 is 0 Å². The predicted octanol–water partition coefficient (Wildman–Crippen LogP) is 1.33. The van der Waals surface area contributed by atoms with Gasteiger partial charge in [-0.05, 0) is 37.3 Å². The van der Waals surface area contributed by atoms with E-state index in [9.17, 15) is 13.5 Å². The molecule has 2 unspecified atom stereocenters. The SMILES string of the molecule is CC1CN(c2ccccc2S(=O)(=O)NC2CC2)CCC1O. The Hall–Kier alpha value is -1.11. The Morgan fingerprint density at radius 3 is 2.62 bits per heavy atom. The van der Waals surface area contributed by atoms with Gasteiger partial charge in [0.25, 0.3) is 0 Å². The summed E-state index contributed by atoms with van der Waals surface area (Å²) in [6.45, 7) is 3.36. The molecule has 3 rings (SSSR count). The van der Waals surface area contributed by atoms with E-state index in [0.717, 1.165) is 18.5 Å². The first-order chi connectivity index (χ1) is 9.97. The van der Waals surface area contributed by atoms with Crippen LogP contribution in [0.1, 0.15) is 26.2 Å². The molecule has 6 heteroatoms. The van der Waals surface area contributed by atoms with Gasteiger partial charge in [0, 0.05) is 19.1 Å². The first-order valence-electron chi connectivity index (χ1n) is 7.52. The number of piperidine rings is 1. The molecule has 0 amide bonds. The zero-order chi connectivity index (χ0) is 15.0. The number of anilines is 1. The smallest absolute Gasteiger partial charge is 0.242 e. The molecule has 116 valence electrons. The lowest BCUT2D eigenvalue weighted by Crippen LogP contribution is -2.42. The zero-order valence-electron chi connectivity index (χ0n) is 12.2. The summed E-state index contributed by atoms with van der Waals surface area (Å²) in [7, 11) is -3.46. The summed E-state index contributed by atoms with van der Waals surface area (Å²) >= 11 is 0. The summed E-state index contributed by atoms with van der Waals surface area (Å²) in [6, 6.07) is 7.24. The lowest BCUT2D eigenvalue weighted by molar-refractivity contribution is 0.0969. The molecule has 2 N–H and O–H groups in total. The molecular formula is C15H22N2O3S. The van der Waals surface area contributed by atoms with Gasteiger partial charge >= 0.3 is 0 Å². The maximum absolute atomic E-state index is 12.5. The number of aliphatic hydroxyl groups is 1. The van der Waals surface area contributed by atoms with Gasteiger partial charge in [-0.1, -0.05) is 19.1 Å². The Morgan fingerprint density at radius 2 is 1.95 bits per heavy atom. The summed E-state index contributed by atoms with van der Waals surface area (Å²) in [4.78, 5) is 2.42. The second-order valence-electron chi connectivity index (χ2n) is 6.14. The molecule has 1 aromatic rings. The second-order valence-corrected chi connectivity index (χ2v) is 7.83. The Bertz CT molecular complexity index is 613. The van der Waals surface area contributed by atoms with Crippen LogP contribution in [0.15, 0.2) is 29.2 Å². The molecule has 0 aromatic heterocycles. The monoisotopic (exact) mass is 310 g/mol. The first-order valence-corrected chi connectivity index (χ1v) is 9.00. The van der Waals surface area contributed by atoms with Crippen molar-refractivity contribution in [2.45, 2.75) is 43.2 Å². The van der Waals surface area contributed by atoms with E-state index in [1.54, 1.807) is 12.1 Å². The largest absolute Gasteiger partial charge is 0.393 e. The average molecular weight is 310 g/mol. The third-order valence-corrected chi connectivity index (χ3v) is 5.82. The standard InChI is InChI=1S/C15H22N2O3S/c1-11-10-17(9-8-14(11)18)13-4-2-3-5-15(13)21(19,20)16-12-6-7-12/h2-5,11-12,14,16,18H,6-10H2,1H3. The molecule has 1 aliphatic heterocycles. The number of benzene rings is 1. The third kappa shape index (κ3) is 3.22. The van der Waals surface area contributed by atoms with Crippen molar-refractivity contribution >= 4 is 15.7 Å². The van der Waals surface area contributed by atoms with Crippen molar-refractivity contribution in [1.82, 2.24) is 4.72 Å². The van der Waals surface area contributed by atoms with Gasteiger partial charge in [-0.2, -0.15) is 0 Å². The Balaban J connectivity index is 1.89. The fourth-order valence-corrected chi connectivity index (χ4v) is 4.31. The lowest BCUT2D eigenvalue weighted by Gasteiger charge is -2.36. The molecule has 1 saturated heterocycles. The molecule has 2 atom stereocenters. The number of aliphatic hydroxyl groups excluding tert-OH is 1. The van der Waals surface area contributed by atoms with Crippen LogP contribution >= 0.6 is 0 Å². The van der Waals surface area contributed by atoms with Crippen LogP contribution in [0.5, 0.6) is 0 Å². The zero-order valence-corrected chi connectivity index (χ0v) is 13.0. The van der Waals surface area contributed by atoms with Crippen LogP contribution in [-0.4, -0.2) is 38.8 Å². The Kier molecular flexibility index (Phi) is 3.94. The number of para-hydroxylation sites is 1. The molecular weight excluding hydrogens is 288 g/mol. The number of nitrogens with zero attached hydrogens (tertiary/aromatic N) is 1. The minimum Gasteiger partial charge on any atom is -0.393 e. The summed E-state index contributed by atoms with van der Waals surface area (Å²) in [5.74, 6) is 0.144. The van der Waals surface area contributed by atoms with Gasteiger partial charge < -0.3 is 10.0 Å².